The van der Waals surface area contributed by atoms with Crippen LogP contribution in [0.3, 0.4) is 0 Å². The normalized spacial score (nSPS) is 43.8. The molecular formula is C9H14O3. The van der Waals surface area contributed by atoms with Crippen LogP contribution in [0.15, 0.2) is 0 Å². The van der Waals surface area contributed by atoms with Gasteiger partial charge < -0.3 is 9.47 Å². The summed E-state index contributed by atoms with van der Waals surface area (Å²) in [6.45, 7) is 3.52. The smallest absolute Gasteiger partial charge is 0.305 e. The Morgan fingerprint density at radius 3 is 2.83 bits per heavy atom. The molecule has 1 heterocycles. The van der Waals surface area contributed by atoms with Crippen molar-refractivity contribution >= 4 is 5.97 Å². The van der Waals surface area contributed by atoms with E-state index in [1.54, 1.807) is 0 Å². The third kappa shape index (κ3) is 0.829. The zero-order chi connectivity index (χ0) is 8.82. The fourth-order valence-corrected chi connectivity index (χ4v) is 2.33. The number of fused-ring (bicyclic) bond motifs is 1. The van der Waals surface area contributed by atoms with Crippen molar-refractivity contribution < 1.29 is 14.3 Å². The van der Waals surface area contributed by atoms with Gasteiger partial charge in [-0.1, -0.05) is 6.92 Å². The molecule has 0 aromatic rings. The molecule has 12 heavy (non-hydrogen) atoms. The zero-order valence-corrected chi connectivity index (χ0v) is 7.55. The zero-order valence-electron chi connectivity index (χ0n) is 7.55. The fraction of sp³-hybridized carbons (Fsp3) is 0.889. The lowest BCUT2D eigenvalue weighted by Gasteiger charge is -2.09. The number of rotatable bonds is 2. The molecule has 2 unspecified atom stereocenters. The summed E-state index contributed by atoms with van der Waals surface area (Å²) in [5, 5.41) is 0. The molecule has 3 heteroatoms. The Kier molecular flexibility index (Phi) is 1.49. The molecule has 1 saturated heterocycles. The van der Waals surface area contributed by atoms with Crippen LogP contribution in [0.4, 0.5) is 0 Å². The molecule has 2 fully saturated rings. The fourth-order valence-electron chi connectivity index (χ4n) is 2.33. The van der Waals surface area contributed by atoms with Gasteiger partial charge in [-0.3, -0.25) is 4.79 Å². The molecule has 1 aliphatic heterocycles. The van der Waals surface area contributed by atoms with Crippen molar-refractivity contribution in [1.82, 2.24) is 0 Å². The second-order valence-corrected chi connectivity index (χ2v) is 3.65. The van der Waals surface area contributed by atoms with E-state index >= 15 is 0 Å². The van der Waals surface area contributed by atoms with Gasteiger partial charge in [0.1, 0.15) is 5.60 Å². The van der Waals surface area contributed by atoms with Gasteiger partial charge in [0.05, 0.1) is 0 Å². The molecule has 2 atom stereocenters. The lowest BCUT2D eigenvalue weighted by Crippen LogP contribution is -2.24. The van der Waals surface area contributed by atoms with E-state index < -0.39 is 5.79 Å². The lowest BCUT2D eigenvalue weighted by atomic mass is 10.0. The van der Waals surface area contributed by atoms with Gasteiger partial charge in [0.15, 0.2) is 0 Å². The molecule has 0 radical (unpaired) electrons. The van der Waals surface area contributed by atoms with Gasteiger partial charge in [0, 0.05) is 13.3 Å². The molecule has 1 aliphatic carbocycles. The van der Waals surface area contributed by atoms with E-state index in [1.165, 1.54) is 6.92 Å². The quantitative estimate of drug-likeness (QED) is 0.467. The average Bonchev–Trinajstić information content (AvgIpc) is 2.47. The summed E-state index contributed by atoms with van der Waals surface area (Å²) in [5.41, 5.74) is -0.112. The van der Waals surface area contributed by atoms with E-state index in [2.05, 4.69) is 6.92 Å². The maximum Gasteiger partial charge on any atom is 0.305 e. The van der Waals surface area contributed by atoms with Crippen LogP contribution in [0.2, 0.25) is 0 Å². The number of epoxide rings is 1. The van der Waals surface area contributed by atoms with Crippen molar-refractivity contribution in [3.8, 4) is 0 Å². The van der Waals surface area contributed by atoms with Crippen LogP contribution in [0, 0.1) is 0 Å². The standard InChI is InChI=1S/C9H14O3/c1-3-8-5-4-6-9(8,12-8)11-7(2)10/h3-6H2,1-2H3. The predicted molar refractivity (Wildman–Crippen MR) is 42.5 cm³/mol. The Morgan fingerprint density at radius 1 is 1.58 bits per heavy atom. The number of carbonyl (C=O) groups excluding carboxylic acids is 1. The molecule has 2 rings (SSSR count). The van der Waals surface area contributed by atoms with Gasteiger partial charge in [-0.2, -0.15) is 0 Å². The summed E-state index contributed by atoms with van der Waals surface area (Å²) in [6, 6.07) is 0. The highest BCUT2D eigenvalue weighted by atomic mass is 16.8. The number of hydrogen-bond donors (Lipinski definition) is 0. The largest absolute Gasteiger partial charge is 0.430 e. The minimum Gasteiger partial charge on any atom is -0.430 e. The Hall–Kier alpha value is -0.570. The van der Waals surface area contributed by atoms with Gasteiger partial charge in [-0.25, -0.2) is 0 Å². The third-order valence-electron chi connectivity index (χ3n) is 2.98. The van der Waals surface area contributed by atoms with Gasteiger partial charge >= 0.3 is 5.97 Å². The first-order chi connectivity index (χ1) is 5.64. The van der Waals surface area contributed by atoms with E-state index in [1.807, 2.05) is 0 Å². The Bertz CT molecular complexity index is 226. The Morgan fingerprint density at radius 2 is 2.33 bits per heavy atom. The highest BCUT2D eigenvalue weighted by molar-refractivity contribution is 5.67. The number of hydrogen-bond acceptors (Lipinski definition) is 3. The van der Waals surface area contributed by atoms with E-state index in [0.717, 1.165) is 25.7 Å². The molecule has 0 spiro atoms. The second kappa shape index (κ2) is 2.22. The van der Waals surface area contributed by atoms with E-state index in [4.69, 9.17) is 9.47 Å². The first-order valence-electron chi connectivity index (χ1n) is 4.54. The Balaban J connectivity index is 2.10. The van der Waals surface area contributed by atoms with Crippen LogP contribution in [0.5, 0.6) is 0 Å². The SMILES string of the molecule is CCC12CCCC1(OC(C)=O)O2. The highest BCUT2D eigenvalue weighted by Crippen LogP contribution is 2.62. The number of carbonyl (C=O) groups is 1. The molecule has 3 nitrogen and oxygen atoms in total. The molecule has 2 aliphatic rings. The van der Waals surface area contributed by atoms with Crippen molar-refractivity contribution in [3.63, 3.8) is 0 Å². The van der Waals surface area contributed by atoms with Gasteiger partial charge in [0.2, 0.25) is 5.79 Å². The number of ether oxygens (including phenoxy) is 2. The maximum atomic E-state index is 10.8. The third-order valence-corrected chi connectivity index (χ3v) is 2.98. The first-order valence-corrected chi connectivity index (χ1v) is 4.54. The summed E-state index contributed by atoms with van der Waals surface area (Å²) in [4.78, 5) is 10.8. The topological polar surface area (TPSA) is 38.8 Å². The van der Waals surface area contributed by atoms with Crippen LogP contribution < -0.4 is 0 Å². The molecule has 68 valence electrons. The van der Waals surface area contributed by atoms with E-state index in [9.17, 15) is 4.79 Å². The van der Waals surface area contributed by atoms with Crippen molar-refractivity contribution in [2.45, 2.75) is 50.9 Å². The highest BCUT2D eigenvalue weighted by Gasteiger charge is 2.74. The summed E-state index contributed by atoms with van der Waals surface area (Å²) in [7, 11) is 0. The van der Waals surface area contributed by atoms with Crippen molar-refractivity contribution in [3.05, 3.63) is 0 Å². The van der Waals surface area contributed by atoms with Crippen molar-refractivity contribution in [2.24, 2.45) is 0 Å². The monoisotopic (exact) mass is 170 g/mol. The summed E-state index contributed by atoms with van der Waals surface area (Å²) in [6.07, 6.45) is 3.97. The lowest BCUT2D eigenvalue weighted by molar-refractivity contribution is -0.156. The van der Waals surface area contributed by atoms with Crippen molar-refractivity contribution in [1.29, 1.82) is 0 Å². The van der Waals surface area contributed by atoms with Crippen LogP contribution in [-0.2, 0) is 14.3 Å². The van der Waals surface area contributed by atoms with Gasteiger partial charge in [-0.05, 0) is 19.3 Å². The van der Waals surface area contributed by atoms with Crippen LogP contribution in [-0.4, -0.2) is 17.4 Å². The Labute approximate surface area is 72.0 Å². The predicted octanol–water partition coefficient (Wildman–Crippen LogP) is 1.61. The minimum absolute atomic E-state index is 0.112. The molecule has 0 aromatic carbocycles. The van der Waals surface area contributed by atoms with Crippen molar-refractivity contribution in [2.75, 3.05) is 0 Å². The molecule has 0 N–H and O–H groups in total. The summed E-state index contributed by atoms with van der Waals surface area (Å²) in [5.74, 6) is -0.750. The van der Waals surface area contributed by atoms with Crippen LogP contribution >= 0.6 is 0 Å². The van der Waals surface area contributed by atoms with Crippen LogP contribution in [0.1, 0.15) is 39.5 Å². The van der Waals surface area contributed by atoms with Gasteiger partial charge in [0.25, 0.3) is 0 Å². The molecule has 0 amide bonds. The molecule has 0 bridgehead atoms. The van der Waals surface area contributed by atoms with E-state index in [-0.39, 0.29) is 11.6 Å². The average molecular weight is 170 g/mol. The summed E-state index contributed by atoms with van der Waals surface area (Å²) < 4.78 is 10.8. The van der Waals surface area contributed by atoms with Crippen LogP contribution in [0.25, 0.3) is 0 Å². The maximum absolute atomic E-state index is 10.8. The second-order valence-electron chi connectivity index (χ2n) is 3.65. The molecule has 1 saturated carbocycles. The first kappa shape index (κ1) is 8.05. The molecule has 0 aromatic heterocycles. The summed E-state index contributed by atoms with van der Waals surface area (Å²) >= 11 is 0. The van der Waals surface area contributed by atoms with E-state index in [0.29, 0.717) is 0 Å². The minimum atomic E-state index is -0.520. The van der Waals surface area contributed by atoms with Gasteiger partial charge in [-0.15, -0.1) is 0 Å². The molecular weight excluding hydrogens is 156 g/mol. The number of esters is 1.